The highest BCUT2D eigenvalue weighted by atomic mass is 16.3. The molecule has 0 saturated carbocycles. The summed E-state index contributed by atoms with van der Waals surface area (Å²) in [7, 11) is 0. The summed E-state index contributed by atoms with van der Waals surface area (Å²) < 4.78 is 15.3. The predicted molar refractivity (Wildman–Crippen MR) is 240 cm³/mol. The van der Waals surface area contributed by atoms with Crippen LogP contribution in [0.5, 0.6) is 0 Å². The molecule has 6 nitrogen and oxygen atoms in total. The number of aromatic nitrogens is 4. The van der Waals surface area contributed by atoms with Gasteiger partial charge in [-0.25, -0.2) is 15.0 Å². The van der Waals surface area contributed by atoms with Gasteiger partial charge in [0.15, 0.2) is 17.5 Å². The zero-order valence-corrected chi connectivity index (χ0v) is 31.4. The van der Waals surface area contributed by atoms with Crippen LogP contribution in [-0.2, 0) is 0 Å². The molecular formula is C53H30N4O2. The Kier molecular flexibility index (Phi) is 6.63. The van der Waals surface area contributed by atoms with Gasteiger partial charge in [-0.3, -0.25) is 0 Å². The maximum Gasteiger partial charge on any atom is 0.166 e. The van der Waals surface area contributed by atoms with Gasteiger partial charge in [-0.15, -0.1) is 0 Å². The molecule has 9 aromatic carbocycles. The molecule has 0 aliphatic heterocycles. The van der Waals surface area contributed by atoms with Gasteiger partial charge in [-0.05, 0) is 76.1 Å². The Bertz CT molecular complexity index is 3870. The van der Waals surface area contributed by atoms with Crippen molar-refractivity contribution >= 4 is 87.2 Å². The predicted octanol–water partition coefficient (Wildman–Crippen LogP) is 14.1. The second kappa shape index (κ2) is 12.2. The lowest BCUT2D eigenvalue weighted by Gasteiger charge is -2.15. The number of hydrogen-bond donors (Lipinski definition) is 0. The monoisotopic (exact) mass is 754 g/mol. The molecule has 0 saturated heterocycles. The summed E-state index contributed by atoms with van der Waals surface area (Å²) in [6.07, 6.45) is 0. The van der Waals surface area contributed by atoms with E-state index >= 15 is 0 Å². The third-order valence-corrected chi connectivity index (χ3v) is 11.8. The molecule has 274 valence electrons. The molecule has 0 bridgehead atoms. The van der Waals surface area contributed by atoms with E-state index in [-0.39, 0.29) is 0 Å². The molecule has 0 aliphatic carbocycles. The van der Waals surface area contributed by atoms with Crippen LogP contribution in [-0.4, -0.2) is 19.5 Å². The molecule has 0 amide bonds. The zero-order valence-electron chi connectivity index (χ0n) is 31.4. The molecule has 0 aliphatic rings. The molecule has 6 heteroatoms. The Balaban J connectivity index is 1.13. The summed E-state index contributed by atoms with van der Waals surface area (Å²) in [5.41, 5.74) is 8.90. The summed E-state index contributed by atoms with van der Waals surface area (Å²) in [6.45, 7) is 0. The largest absolute Gasteiger partial charge is 0.456 e. The highest BCUT2D eigenvalue weighted by Crippen LogP contribution is 2.42. The molecule has 0 radical (unpaired) electrons. The van der Waals surface area contributed by atoms with Gasteiger partial charge in [-0.1, -0.05) is 121 Å². The Morgan fingerprint density at radius 3 is 1.63 bits per heavy atom. The minimum Gasteiger partial charge on any atom is -0.456 e. The first-order valence-electron chi connectivity index (χ1n) is 19.8. The molecule has 0 atom stereocenters. The average molecular weight is 755 g/mol. The molecule has 0 fully saturated rings. The van der Waals surface area contributed by atoms with E-state index in [0.717, 1.165) is 98.8 Å². The number of para-hydroxylation sites is 3. The fraction of sp³-hybridized carbons (Fsp3) is 0. The highest BCUT2D eigenvalue weighted by molar-refractivity contribution is 6.15. The van der Waals surface area contributed by atoms with Crippen LogP contribution in [0.4, 0.5) is 0 Å². The SMILES string of the molecule is c1ccc2cc(-c3nc(-c4ccc5c(c4)oc4ccccc45)nc(-c4cc5c(cc4-n4c6ccccc6c6cc7ccccc7cc64)oc4ccccc45)n3)ccc2c1. The minimum atomic E-state index is 0.553. The van der Waals surface area contributed by atoms with Crippen molar-refractivity contribution in [2.24, 2.45) is 0 Å². The highest BCUT2D eigenvalue weighted by Gasteiger charge is 2.23. The first-order chi connectivity index (χ1) is 29.2. The quantitative estimate of drug-likeness (QED) is 0.179. The summed E-state index contributed by atoms with van der Waals surface area (Å²) in [5.74, 6) is 1.69. The second-order valence-electron chi connectivity index (χ2n) is 15.2. The van der Waals surface area contributed by atoms with Crippen molar-refractivity contribution in [1.29, 1.82) is 0 Å². The van der Waals surface area contributed by atoms with Gasteiger partial charge < -0.3 is 13.4 Å². The molecule has 4 heterocycles. The van der Waals surface area contributed by atoms with Gasteiger partial charge in [0.05, 0.1) is 16.7 Å². The van der Waals surface area contributed by atoms with E-state index in [0.29, 0.717) is 17.5 Å². The van der Waals surface area contributed by atoms with Gasteiger partial charge in [0.2, 0.25) is 0 Å². The van der Waals surface area contributed by atoms with Crippen LogP contribution < -0.4 is 0 Å². The van der Waals surface area contributed by atoms with Crippen molar-refractivity contribution in [3.05, 3.63) is 182 Å². The number of furan rings is 2. The molecular weight excluding hydrogens is 725 g/mol. The smallest absolute Gasteiger partial charge is 0.166 e. The normalized spacial score (nSPS) is 12.1. The molecule has 4 aromatic heterocycles. The lowest BCUT2D eigenvalue weighted by Crippen LogP contribution is -2.04. The first-order valence-corrected chi connectivity index (χ1v) is 19.8. The zero-order chi connectivity index (χ0) is 38.6. The maximum atomic E-state index is 6.59. The lowest BCUT2D eigenvalue weighted by molar-refractivity contribution is 0.668. The van der Waals surface area contributed by atoms with E-state index in [1.807, 2.05) is 36.4 Å². The molecule has 59 heavy (non-hydrogen) atoms. The van der Waals surface area contributed by atoms with Crippen molar-refractivity contribution in [3.8, 4) is 39.9 Å². The Labute approximate surface area is 336 Å². The topological polar surface area (TPSA) is 69.9 Å². The van der Waals surface area contributed by atoms with Crippen LogP contribution in [0.2, 0.25) is 0 Å². The number of fused-ring (bicyclic) bond motifs is 11. The molecule has 0 N–H and O–H groups in total. The van der Waals surface area contributed by atoms with E-state index in [4.69, 9.17) is 23.8 Å². The van der Waals surface area contributed by atoms with Gasteiger partial charge in [0.25, 0.3) is 0 Å². The van der Waals surface area contributed by atoms with Crippen molar-refractivity contribution in [1.82, 2.24) is 19.5 Å². The van der Waals surface area contributed by atoms with Crippen molar-refractivity contribution in [2.45, 2.75) is 0 Å². The van der Waals surface area contributed by atoms with Crippen molar-refractivity contribution < 1.29 is 8.83 Å². The van der Waals surface area contributed by atoms with Gasteiger partial charge in [-0.2, -0.15) is 0 Å². The van der Waals surface area contributed by atoms with Crippen LogP contribution in [0.25, 0.3) is 127 Å². The molecule has 0 spiro atoms. The fourth-order valence-corrected chi connectivity index (χ4v) is 8.99. The standard InChI is InChI=1S/C53H30N4O2/c1-2-12-32-25-35(22-21-31(32)11-1)51-54-52(36-23-24-40-38-16-6-9-19-47(38)58-49(40)28-36)56-53(55-51)43-29-42-39-17-7-10-20-48(39)59-50(42)30-46(43)57-44-18-8-5-15-37(44)41-26-33-13-3-4-14-34(33)27-45(41)57/h1-30H. The van der Waals surface area contributed by atoms with Crippen LogP contribution in [0, 0.1) is 0 Å². The van der Waals surface area contributed by atoms with E-state index in [9.17, 15) is 0 Å². The maximum absolute atomic E-state index is 6.59. The summed E-state index contributed by atoms with van der Waals surface area (Å²) >= 11 is 0. The van der Waals surface area contributed by atoms with Crippen LogP contribution in [0.3, 0.4) is 0 Å². The van der Waals surface area contributed by atoms with Gasteiger partial charge in [0.1, 0.15) is 22.3 Å². The average Bonchev–Trinajstić information content (AvgIpc) is 3.96. The van der Waals surface area contributed by atoms with Crippen molar-refractivity contribution in [3.63, 3.8) is 0 Å². The number of hydrogen-bond acceptors (Lipinski definition) is 5. The minimum absolute atomic E-state index is 0.553. The third-order valence-electron chi connectivity index (χ3n) is 11.8. The Morgan fingerprint density at radius 1 is 0.322 bits per heavy atom. The van der Waals surface area contributed by atoms with Crippen LogP contribution in [0.1, 0.15) is 0 Å². The Hall–Kier alpha value is -8.09. The molecule has 13 rings (SSSR count). The van der Waals surface area contributed by atoms with Gasteiger partial charge in [0, 0.05) is 55.1 Å². The van der Waals surface area contributed by atoms with E-state index < -0.39 is 0 Å². The molecule has 13 aromatic rings. The lowest BCUT2D eigenvalue weighted by atomic mass is 10.0. The van der Waals surface area contributed by atoms with Crippen LogP contribution >= 0.6 is 0 Å². The van der Waals surface area contributed by atoms with E-state index in [2.05, 4.69) is 150 Å². The number of rotatable bonds is 4. The van der Waals surface area contributed by atoms with E-state index in [1.54, 1.807) is 0 Å². The van der Waals surface area contributed by atoms with Crippen LogP contribution in [0.15, 0.2) is 191 Å². The third kappa shape index (κ3) is 4.90. The summed E-state index contributed by atoms with van der Waals surface area (Å²) in [5, 5.41) is 11.1. The molecule has 0 unspecified atom stereocenters. The van der Waals surface area contributed by atoms with Crippen molar-refractivity contribution in [2.75, 3.05) is 0 Å². The summed E-state index contributed by atoms with van der Waals surface area (Å²) in [4.78, 5) is 15.9. The van der Waals surface area contributed by atoms with Gasteiger partial charge >= 0.3 is 0 Å². The van der Waals surface area contributed by atoms with E-state index in [1.165, 1.54) is 10.8 Å². The summed E-state index contributed by atoms with van der Waals surface area (Å²) in [6, 6.07) is 63.4. The number of benzene rings is 9. The second-order valence-corrected chi connectivity index (χ2v) is 15.2. The fourth-order valence-electron chi connectivity index (χ4n) is 8.99. The Morgan fingerprint density at radius 2 is 0.864 bits per heavy atom. The number of nitrogens with zero attached hydrogens (tertiary/aromatic N) is 4. The first kappa shape index (κ1) is 32.0.